The third-order valence-electron chi connectivity index (χ3n) is 2.22. The lowest BCUT2D eigenvalue weighted by Gasteiger charge is -2.09. The van der Waals surface area contributed by atoms with Gasteiger partial charge in [0.15, 0.2) is 0 Å². The molecule has 1 aromatic heterocycles. The molecule has 0 saturated heterocycles. The monoisotopic (exact) mass is 235 g/mol. The lowest BCUT2D eigenvalue weighted by molar-refractivity contribution is 0.584. The van der Waals surface area contributed by atoms with Gasteiger partial charge in [0.25, 0.3) is 0 Å². The van der Waals surface area contributed by atoms with Crippen molar-refractivity contribution >= 4 is 17.2 Å². The maximum Gasteiger partial charge on any atom is 0.133 e. The van der Waals surface area contributed by atoms with Crippen molar-refractivity contribution in [2.24, 2.45) is 0 Å². The first-order valence-corrected chi connectivity index (χ1v) is 5.00. The number of halogens is 2. The van der Waals surface area contributed by atoms with Crippen LogP contribution in [0.3, 0.4) is 0 Å². The number of pyridine rings is 1. The molecule has 1 aromatic carbocycles. The van der Waals surface area contributed by atoms with Crippen molar-refractivity contribution < 1.29 is 8.78 Å². The summed E-state index contributed by atoms with van der Waals surface area (Å²) in [5.74, 6) is -0.759. The predicted octanol–water partition coefficient (Wildman–Crippen LogP) is 2.99. The van der Waals surface area contributed by atoms with Crippen molar-refractivity contribution in [2.75, 3.05) is 11.1 Å². The maximum atomic E-state index is 13.0. The Labute approximate surface area is 97.3 Å². The smallest absolute Gasteiger partial charge is 0.133 e. The number of rotatable bonds is 2. The molecule has 1 heterocycles. The number of aryl methyl sites for hydroxylation is 1. The van der Waals surface area contributed by atoms with Crippen molar-refractivity contribution in [3.05, 3.63) is 47.7 Å². The van der Waals surface area contributed by atoms with Crippen molar-refractivity contribution in [3.8, 4) is 0 Å². The molecular weight excluding hydrogens is 224 g/mol. The van der Waals surface area contributed by atoms with Gasteiger partial charge in [-0.05, 0) is 30.7 Å². The van der Waals surface area contributed by atoms with Crippen LogP contribution in [0.25, 0.3) is 0 Å². The number of hydrogen-bond acceptors (Lipinski definition) is 3. The molecule has 0 atom stereocenters. The zero-order chi connectivity index (χ0) is 12.4. The van der Waals surface area contributed by atoms with Gasteiger partial charge in [0, 0.05) is 11.8 Å². The highest BCUT2D eigenvalue weighted by molar-refractivity contribution is 5.61. The average Bonchev–Trinajstić information content (AvgIpc) is 2.21. The first-order valence-electron chi connectivity index (χ1n) is 5.00. The summed E-state index contributed by atoms with van der Waals surface area (Å²) in [4.78, 5) is 4.05. The molecule has 0 fully saturated rings. The number of nitrogens with zero attached hydrogens (tertiary/aromatic N) is 1. The molecule has 3 N–H and O–H groups in total. The highest BCUT2D eigenvalue weighted by Crippen LogP contribution is 2.21. The van der Waals surface area contributed by atoms with Gasteiger partial charge in [0.05, 0.1) is 11.9 Å². The quantitative estimate of drug-likeness (QED) is 0.841. The number of nitrogens with two attached hydrogens (primary N) is 1. The van der Waals surface area contributed by atoms with Crippen molar-refractivity contribution in [3.63, 3.8) is 0 Å². The largest absolute Gasteiger partial charge is 0.397 e. The van der Waals surface area contributed by atoms with E-state index in [0.29, 0.717) is 17.2 Å². The van der Waals surface area contributed by atoms with Gasteiger partial charge >= 0.3 is 0 Å². The summed E-state index contributed by atoms with van der Waals surface area (Å²) in [6, 6.07) is 4.93. The van der Waals surface area contributed by atoms with Crippen LogP contribution in [0.5, 0.6) is 0 Å². The van der Waals surface area contributed by atoms with E-state index in [0.717, 1.165) is 11.6 Å². The summed E-state index contributed by atoms with van der Waals surface area (Å²) in [5, 5.41) is 2.83. The average molecular weight is 235 g/mol. The minimum Gasteiger partial charge on any atom is -0.397 e. The topological polar surface area (TPSA) is 50.9 Å². The molecule has 2 aromatic rings. The summed E-state index contributed by atoms with van der Waals surface area (Å²) >= 11 is 0. The fourth-order valence-corrected chi connectivity index (χ4v) is 1.49. The summed E-state index contributed by atoms with van der Waals surface area (Å²) < 4.78 is 25.9. The van der Waals surface area contributed by atoms with Crippen molar-refractivity contribution in [1.29, 1.82) is 0 Å². The standard InChI is InChI=1S/C12H11F2N3/c1-7-2-10(15)6-16-12(7)17-11-4-8(13)3-9(14)5-11/h2-6H,15H2,1H3,(H,16,17). The minimum absolute atomic E-state index is 0.308. The van der Waals surface area contributed by atoms with Crippen LogP contribution in [0.4, 0.5) is 26.0 Å². The van der Waals surface area contributed by atoms with Crippen LogP contribution in [-0.2, 0) is 0 Å². The van der Waals surface area contributed by atoms with Gasteiger partial charge in [0.2, 0.25) is 0 Å². The predicted molar refractivity (Wildman–Crippen MR) is 63.0 cm³/mol. The van der Waals surface area contributed by atoms with Crippen LogP contribution in [0.1, 0.15) is 5.56 Å². The van der Waals surface area contributed by atoms with Crippen LogP contribution < -0.4 is 11.1 Å². The zero-order valence-corrected chi connectivity index (χ0v) is 9.17. The molecule has 5 heteroatoms. The van der Waals surface area contributed by atoms with E-state index in [1.54, 1.807) is 13.0 Å². The molecule has 0 aliphatic carbocycles. The molecule has 0 bridgehead atoms. The van der Waals surface area contributed by atoms with E-state index in [2.05, 4.69) is 10.3 Å². The fourth-order valence-electron chi connectivity index (χ4n) is 1.49. The van der Waals surface area contributed by atoms with Crippen LogP contribution in [0.15, 0.2) is 30.5 Å². The van der Waals surface area contributed by atoms with E-state index in [1.807, 2.05) is 0 Å². The summed E-state index contributed by atoms with van der Waals surface area (Å²) in [6.45, 7) is 1.81. The molecule has 0 aliphatic heterocycles. The molecule has 0 radical (unpaired) electrons. The second kappa shape index (κ2) is 4.37. The molecule has 17 heavy (non-hydrogen) atoms. The van der Waals surface area contributed by atoms with Crippen LogP contribution >= 0.6 is 0 Å². The molecule has 0 amide bonds. The van der Waals surface area contributed by atoms with Gasteiger partial charge in [-0.25, -0.2) is 13.8 Å². The van der Waals surface area contributed by atoms with Crippen molar-refractivity contribution in [2.45, 2.75) is 6.92 Å². The van der Waals surface area contributed by atoms with E-state index < -0.39 is 11.6 Å². The van der Waals surface area contributed by atoms with Gasteiger partial charge in [-0.2, -0.15) is 0 Å². The summed E-state index contributed by atoms with van der Waals surface area (Å²) in [6.07, 6.45) is 1.48. The molecular formula is C12H11F2N3. The molecule has 0 saturated carbocycles. The molecule has 0 aliphatic rings. The Morgan fingerprint density at radius 3 is 2.35 bits per heavy atom. The maximum absolute atomic E-state index is 13.0. The molecule has 3 nitrogen and oxygen atoms in total. The SMILES string of the molecule is Cc1cc(N)cnc1Nc1cc(F)cc(F)c1. The number of nitrogen functional groups attached to an aromatic ring is 1. The minimum atomic E-state index is -0.638. The summed E-state index contributed by atoms with van der Waals surface area (Å²) in [7, 11) is 0. The van der Waals surface area contributed by atoms with Gasteiger partial charge < -0.3 is 11.1 Å². The molecule has 88 valence electrons. The number of nitrogens with one attached hydrogen (secondary N) is 1. The fraction of sp³-hybridized carbons (Fsp3) is 0.0833. The highest BCUT2D eigenvalue weighted by atomic mass is 19.1. The normalized spacial score (nSPS) is 10.3. The second-order valence-electron chi connectivity index (χ2n) is 3.72. The number of hydrogen-bond donors (Lipinski definition) is 2. The lowest BCUT2D eigenvalue weighted by atomic mass is 10.2. The molecule has 2 rings (SSSR count). The van der Waals surface area contributed by atoms with Crippen LogP contribution in [-0.4, -0.2) is 4.98 Å². The first-order chi connectivity index (χ1) is 8.04. The van der Waals surface area contributed by atoms with E-state index in [9.17, 15) is 8.78 Å². The Balaban J connectivity index is 2.31. The van der Waals surface area contributed by atoms with Crippen LogP contribution in [0, 0.1) is 18.6 Å². The molecule has 0 unspecified atom stereocenters. The third-order valence-corrected chi connectivity index (χ3v) is 2.22. The van der Waals surface area contributed by atoms with Crippen molar-refractivity contribution in [1.82, 2.24) is 4.98 Å². The first kappa shape index (κ1) is 11.3. The number of aromatic nitrogens is 1. The third kappa shape index (κ3) is 2.69. The van der Waals surface area contributed by atoms with Gasteiger partial charge in [-0.15, -0.1) is 0 Å². The highest BCUT2D eigenvalue weighted by Gasteiger charge is 2.04. The number of anilines is 3. The zero-order valence-electron chi connectivity index (χ0n) is 9.17. The number of benzene rings is 1. The van der Waals surface area contributed by atoms with E-state index in [-0.39, 0.29) is 0 Å². The van der Waals surface area contributed by atoms with Gasteiger partial charge in [-0.3, -0.25) is 0 Å². The Bertz CT molecular complexity index is 535. The van der Waals surface area contributed by atoms with Gasteiger partial charge in [0.1, 0.15) is 17.5 Å². The van der Waals surface area contributed by atoms with E-state index >= 15 is 0 Å². The summed E-state index contributed by atoms with van der Waals surface area (Å²) in [5.41, 5.74) is 7.21. The Morgan fingerprint density at radius 1 is 1.12 bits per heavy atom. The van der Waals surface area contributed by atoms with E-state index in [1.165, 1.54) is 18.3 Å². The van der Waals surface area contributed by atoms with Crippen LogP contribution in [0.2, 0.25) is 0 Å². The van der Waals surface area contributed by atoms with E-state index in [4.69, 9.17) is 5.73 Å². The second-order valence-corrected chi connectivity index (χ2v) is 3.72. The van der Waals surface area contributed by atoms with Gasteiger partial charge in [-0.1, -0.05) is 0 Å². The Morgan fingerprint density at radius 2 is 1.76 bits per heavy atom. The Kier molecular flexibility index (Phi) is 2.91. The lowest BCUT2D eigenvalue weighted by Crippen LogP contribution is -1.99. The Hall–Kier alpha value is -2.17. The molecule has 0 spiro atoms.